The molecule has 1 aromatic heterocycles. The Morgan fingerprint density at radius 1 is 1.67 bits per heavy atom. The average molecular weight is 229 g/mol. The summed E-state index contributed by atoms with van der Waals surface area (Å²) in [7, 11) is 2.99. The first-order valence-electron chi connectivity index (χ1n) is 2.98. The third-order valence-electron chi connectivity index (χ3n) is 1.26. The van der Waals surface area contributed by atoms with Gasteiger partial charge in [0.1, 0.15) is 4.90 Å². The molecule has 0 aliphatic rings. The van der Waals surface area contributed by atoms with Gasteiger partial charge in [-0.05, 0) is 0 Å². The zero-order valence-electron chi connectivity index (χ0n) is 6.16. The van der Waals surface area contributed by atoms with Gasteiger partial charge in [-0.1, -0.05) is 0 Å². The van der Waals surface area contributed by atoms with Crippen molar-refractivity contribution in [2.75, 3.05) is 0 Å². The summed E-state index contributed by atoms with van der Waals surface area (Å²) in [5, 5.41) is 3.82. The van der Waals surface area contributed by atoms with E-state index in [4.69, 9.17) is 22.3 Å². The van der Waals surface area contributed by atoms with Crippen LogP contribution >= 0.6 is 22.3 Å². The van der Waals surface area contributed by atoms with Crippen LogP contribution in [-0.4, -0.2) is 18.2 Å². The normalized spacial score (nSPS) is 11.9. The van der Waals surface area contributed by atoms with Gasteiger partial charge in [0.2, 0.25) is 0 Å². The minimum Gasteiger partial charge on any atom is -0.274 e. The molecule has 0 bridgehead atoms. The van der Waals surface area contributed by atoms with Crippen LogP contribution in [0.4, 0.5) is 0 Å². The first-order chi connectivity index (χ1) is 5.45. The minimum atomic E-state index is -3.72. The second-order valence-electron chi connectivity index (χ2n) is 2.19. The lowest BCUT2D eigenvalue weighted by atomic mass is 10.5. The summed E-state index contributed by atoms with van der Waals surface area (Å²) in [5.74, 6) is 0.0299. The van der Waals surface area contributed by atoms with E-state index < -0.39 is 9.05 Å². The van der Waals surface area contributed by atoms with Crippen molar-refractivity contribution in [1.82, 2.24) is 9.78 Å². The molecule has 0 aliphatic heterocycles. The number of aryl methyl sites for hydroxylation is 1. The van der Waals surface area contributed by atoms with Crippen molar-refractivity contribution in [2.24, 2.45) is 7.05 Å². The first kappa shape index (κ1) is 9.83. The van der Waals surface area contributed by atoms with E-state index >= 15 is 0 Å². The molecule has 12 heavy (non-hydrogen) atoms. The van der Waals surface area contributed by atoms with Gasteiger partial charge in [-0.15, -0.1) is 11.6 Å². The van der Waals surface area contributed by atoms with Crippen LogP contribution < -0.4 is 0 Å². The number of nitrogens with zero attached hydrogens (tertiary/aromatic N) is 2. The van der Waals surface area contributed by atoms with E-state index in [1.165, 1.54) is 10.9 Å². The van der Waals surface area contributed by atoms with Crippen LogP contribution in [0.5, 0.6) is 0 Å². The molecular weight excluding hydrogens is 223 g/mol. The second kappa shape index (κ2) is 3.24. The Bertz CT molecular complexity index is 384. The monoisotopic (exact) mass is 228 g/mol. The molecule has 0 aromatic carbocycles. The highest BCUT2D eigenvalue weighted by Gasteiger charge is 2.18. The van der Waals surface area contributed by atoms with Gasteiger partial charge in [0.25, 0.3) is 9.05 Å². The van der Waals surface area contributed by atoms with E-state index in [1.54, 1.807) is 7.05 Å². The summed E-state index contributed by atoms with van der Waals surface area (Å²) >= 11 is 5.45. The Kier molecular flexibility index (Phi) is 2.65. The molecule has 1 heterocycles. The van der Waals surface area contributed by atoms with Crippen LogP contribution in [-0.2, 0) is 22.0 Å². The summed E-state index contributed by atoms with van der Waals surface area (Å²) in [6.45, 7) is 0. The van der Waals surface area contributed by atoms with E-state index in [2.05, 4.69) is 5.10 Å². The van der Waals surface area contributed by atoms with Crippen LogP contribution in [0.25, 0.3) is 0 Å². The fourth-order valence-electron chi connectivity index (χ4n) is 0.809. The van der Waals surface area contributed by atoms with Gasteiger partial charge >= 0.3 is 0 Å². The molecule has 0 atom stereocenters. The molecule has 0 radical (unpaired) electrons. The standard InChI is InChI=1S/C5H6Cl2N2O2S/c1-9-3-5(12(7,10)11)4(2-6)8-9/h3H,2H2,1H3. The summed E-state index contributed by atoms with van der Waals surface area (Å²) in [6, 6.07) is 0. The molecule has 68 valence electrons. The Hall–Kier alpha value is -0.260. The lowest BCUT2D eigenvalue weighted by Crippen LogP contribution is -1.92. The molecule has 0 saturated heterocycles. The van der Waals surface area contributed by atoms with Crippen molar-refractivity contribution in [3.8, 4) is 0 Å². The number of alkyl halides is 1. The Balaban J connectivity index is 3.33. The van der Waals surface area contributed by atoms with Crippen LogP contribution in [0.1, 0.15) is 5.69 Å². The lowest BCUT2D eigenvalue weighted by Gasteiger charge is -1.90. The van der Waals surface area contributed by atoms with Crippen molar-refractivity contribution in [3.05, 3.63) is 11.9 Å². The van der Waals surface area contributed by atoms with E-state index in [9.17, 15) is 8.42 Å². The average Bonchev–Trinajstić information content (AvgIpc) is 2.29. The summed E-state index contributed by atoms with van der Waals surface area (Å²) < 4.78 is 23.1. The van der Waals surface area contributed by atoms with Crippen molar-refractivity contribution >= 4 is 31.3 Å². The van der Waals surface area contributed by atoms with Crippen LogP contribution in [0.15, 0.2) is 11.1 Å². The van der Waals surface area contributed by atoms with Gasteiger partial charge < -0.3 is 0 Å². The van der Waals surface area contributed by atoms with Crippen LogP contribution in [0, 0.1) is 0 Å². The number of aromatic nitrogens is 2. The van der Waals surface area contributed by atoms with Crippen molar-refractivity contribution in [3.63, 3.8) is 0 Å². The van der Waals surface area contributed by atoms with Crippen molar-refractivity contribution < 1.29 is 8.42 Å². The van der Waals surface area contributed by atoms with E-state index in [0.29, 0.717) is 0 Å². The van der Waals surface area contributed by atoms with Gasteiger partial charge in [-0.3, -0.25) is 4.68 Å². The third kappa shape index (κ3) is 1.91. The molecule has 0 N–H and O–H groups in total. The number of hydrogen-bond donors (Lipinski definition) is 0. The van der Waals surface area contributed by atoms with Gasteiger partial charge in [0, 0.05) is 23.9 Å². The largest absolute Gasteiger partial charge is 0.274 e. The summed E-state index contributed by atoms with van der Waals surface area (Å²) in [4.78, 5) is -0.0262. The second-order valence-corrected chi connectivity index (χ2v) is 4.99. The topological polar surface area (TPSA) is 52.0 Å². The van der Waals surface area contributed by atoms with Gasteiger partial charge in [0.15, 0.2) is 0 Å². The smallest absolute Gasteiger partial charge is 0.264 e. The first-order valence-corrected chi connectivity index (χ1v) is 5.82. The van der Waals surface area contributed by atoms with Gasteiger partial charge in [-0.2, -0.15) is 5.10 Å². The maximum Gasteiger partial charge on any atom is 0.264 e. The summed E-state index contributed by atoms with van der Waals surface area (Å²) in [6.07, 6.45) is 1.32. The molecule has 0 amide bonds. The molecule has 0 spiro atoms. The van der Waals surface area contributed by atoms with E-state index in [1.807, 2.05) is 0 Å². The van der Waals surface area contributed by atoms with Gasteiger partial charge in [-0.25, -0.2) is 8.42 Å². The fraction of sp³-hybridized carbons (Fsp3) is 0.400. The molecule has 0 aliphatic carbocycles. The molecule has 0 saturated carbocycles. The quantitative estimate of drug-likeness (QED) is 0.563. The predicted octanol–water partition coefficient (Wildman–Crippen LogP) is 1.09. The highest BCUT2D eigenvalue weighted by atomic mass is 35.7. The predicted molar refractivity (Wildman–Crippen MR) is 45.8 cm³/mol. The van der Waals surface area contributed by atoms with E-state index in [-0.39, 0.29) is 16.5 Å². The maximum atomic E-state index is 10.9. The van der Waals surface area contributed by atoms with Gasteiger partial charge in [0.05, 0.1) is 11.6 Å². The molecule has 4 nitrogen and oxygen atoms in total. The molecule has 7 heteroatoms. The highest BCUT2D eigenvalue weighted by molar-refractivity contribution is 8.13. The number of rotatable bonds is 2. The minimum absolute atomic E-state index is 0.0262. The summed E-state index contributed by atoms with van der Waals surface area (Å²) in [5.41, 5.74) is 0.272. The van der Waals surface area contributed by atoms with Crippen molar-refractivity contribution in [1.29, 1.82) is 0 Å². The fourth-order valence-corrected chi connectivity index (χ4v) is 2.15. The molecular formula is C5H6Cl2N2O2S. The van der Waals surface area contributed by atoms with E-state index in [0.717, 1.165) is 0 Å². The Morgan fingerprint density at radius 3 is 2.58 bits per heavy atom. The molecule has 0 unspecified atom stereocenters. The maximum absolute atomic E-state index is 10.9. The molecule has 0 fully saturated rings. The Labute approximate surface area is 79.5 Å². The number of halogens is 2. The third-order valence-corrected chi connectivity index (χ3v) is 2.87. The van der Waals surface area contributed by atoms with Crippen molar-refractivity contribution in [2.45, 2.75) is 10.8 Å². The lowest BCUT2D eigenvalue weighted by molar-refractivity contribution is 0.609. The zero-order chi connectivity index (χ0) is 9.35. The number of hydrogen-bond acceptors (Lipinski definition) is 3. The molecule has 1 aromatic rings. The molecule has 1 rings (SSSR count). The van der Waals surface area contributed by atoms with Crippen LogP contribution in [0.3, 0.4) is 0 Å². The SMILES string of the molecule is Cn1cc(S(=O)(=O)Cl)c(CCl)n1. The van der Waals surface area contributed by atoms with Crippen LogP contribution in [0.2, 0.25) is 0 Å². The Morgan fingerprint density at radius 2 is 2.25 bits per heavy atom. The highest BCUT2D eigenvalue weighted by Crippen LogP contribution is 2.19. The zero-order valence-corrected chi connectivity index (χ0v) is 8.49.